The van der Waals surface area contributed by atoms with Gasteiger partial charge in [-0.25, -0.2) is 0 Å². The second kappa shape index (κ2) is 6.63. The molecular formula is C13H19BrClN. The molecule has 0 amide bonds. The van der Waals surface area contributed by atoms with Crippen LogP contribution in [0.5, 0.6) is 0 Å². The van der Waals surface area contributed by atoms with E-state index in [1.54, 1.807) is 0 Å². The van der Waals surface area contributed by atoms with Crippen molar-refractivity contribution in [1.82, 2.24) is 5.32 Å². The number of nitrogens with one attached hydrogen (secondary N) is 1. The van der Waals surface area contributed by atoms with Crippen molar-refractivity contribution in [3.63, 3.8) is 0 Å². The summed E-state index contributed by atoms with van der Waals surface area (Å²) in [4.78, 5) is 0. The maximum Gasteiger partial charge on any atom is 0.0451 e. The molecule has 1 rings (SSSR count). The van der Waals surface area contributed by atoms with E-state index in [4.69, 9.17) is 11.6 Å². The van der Waals surface area contributed by atoms with Crippen LogP contribution in [0, 0.1) is 5.92 Å². The van der Waals surface area contributed by atoms with Gasteiger partial charge < -0.3 is 5.32 Å². The van der Waals surface area contributed by atoms with E-state index in [1.807, 2.05) is 12.1 Å². The summed E-state index contributed by atoms with van der Waals surface area (Å²) >= 11 is 9.59. The van der Waals surface area contributed by atoms with E-state index in [0.717, 1.165) is 21.6 Å². The SMILES string of the molecule is CCC(C)C(C)NCc1cc(Br)ccc1Cl. The van der Waals surface area contributed by atoms with Crippen molar-refractivity contribution >= 4 is 27.5 Å². The minimum atomic E-state index is 0.514. The zero-order chi connectivity index (χ0) is 12.1. The predicted molar refractivity (Wildman–Crippen MR) is 74.9 cm³/mol. The van der Waals surface area contributed by atoms with Crippen LogP contribution in [0.3, 0.4) is 0 Å². The lowest BCUT2D eigenvalue weighted by Gasteiger charge is -2.20. The number of benzene rings is 1. The van der Waals surface area contributed by atoms with Crippen LogP contribution in [0.15, 0.2) is 22.7 Å². The van der Waals surface area contributed by atoms with Crippen LogP contribution in [0.25, 0.3) is 0 Å². The number of rotatable bonds is 5. The van der Waals surface area contributed by atoms with E-state index in [2.05, 4.69) is 48.1 Å². The van der Waals surface area contributed by atoms with E-state index in [1.165, 1.54) is 6.42 Å². The van der Waals surface area contributed by atoms with Crippen LogP contribution >= 0.6 is 27.5 Å². The predicted octanol–water partition coefficient (Wildman–Crippen LogP) is 4.63. The van der Waals surface area contributed by atoms with Gasteiger partial charge in [-0.1, -0.05) is 47.8 Å². The fourth-order valence-corrected chi connectivity index (χ4v) is 2.10. The normalized spacial score (nSPS) is 14.8. The van der Waals surface area contributed by atoms with Crippen LogP contribution in [0.2, 0.25) is 5.02 Å². The first kappa shape index (κ1) is 14.0. The van der Waals surface area contributed by atoms with Crippen molar-refractivity contribution in [1.29, 1.82) is 0 Å². The van der Waals surface area contributed by atoms with E-state index in [-0.39, 0.29) is 0 Å². The Morgan fingerprint density at radius 3 is 2.69 bits per heavy atom. The number of hydrogen-bond acceptors (Lipinski definition) is 1. The average molecular weight is 305 g/mol. The third-order valence-electron chi connectivity index (χ3n) is 3.12. The van der Waals surface area contributed by atoms with Crippen LogP contribution in [-0.4, -0.2) is 6.04 Å². The average Bonchev–Trinajstić information content (AvgIpc) is 2.28. The summed E-state index contributed by atoms with van der Waals surface area (Å²) < 4.78 is 1.07. The van der Waals surface area contributed by atoms with Gasteiger partial charge in [-0.2, -0.15) is 0 Å². The lowest BCUT2D eigenvalue weighted by molar-refractivity contribution is 0.389. The smallest absolute Gasteiger partial charge is 0.0451 e. The van der Waals surface area contributed by atoms with Gasteiger partial charge in [0.05, 0.1) is 0 Å². The van der Waals surface area contributed by atoms with E-state index >= 15 is 0 Å². The van der Waals surface area contributed by atoms with E-state index < -0.39 is 0 Å². The Morgan fingerprint density at radius 2 is 2.06 bits per heavy atom. The summed E-state index contributed by atoms with van der Waals surface area (Å²) in [7, 11) is 0. The van der Waals surface area contributed by atoms with Crippen LogP contribution in [0.1, 0.15) is 32.8 Å². The van der Waals surface area contributed by atoms with Gasteiger partial charge in [0.2, 0.25) is 0 Å². The van der Waals surface area contributed by atoms with Crippen molar-refractivity contribution in [2.24, 2.45) is 5.92 Å². The first-order valence-electron chi connectivity index (χ1n) is 5.72. The maximum atomic E-state index is 6.13. The molecule has 0 heterocycles. The molecule has 1 nitrogen and oxygen atoms in total. The highest BCUT2D eigenvalue weighted by Crippen LogP contribution is 2.21. The van der Waals surface area contributed by atoms with Crippen LogP contribution in [-0.2, 0) is 6.54 Å². The largest absolute Gasteiger partial charge is 0.310 e. The summed E-state index contributed by atoms with van der Waals surface area (Å²) in [6.45, 7) is 7.53. The Bertz CT molecular complexity index is 341. The van der Waals surface area contributed by atoms with Crippen molar-refractivity contribution in [2.75, 3.05) is 0 Å². The van der Waals surface area contributed by atoms with Gasteiger partial charge >= 0.3 is 0 Å². The molecule has 0 radical (unpaired) electrons. The fourth-order valence-electron chi connectivity index (χ4n) is 1.50. The minimum Gasteiger partial charge on any atom is -0.310 e. The fraction of sp³-hybridized carbons (Fsp3) is 0.538. The molecule has 90 valence electrons. The summed E-state index contributed by atoms with van der Waals surface area (Å²) in [5.74, 6) is 0.686. The van der Waals surface area contributed by atoms with Gasteiger partial charge in [0.25, 0.3) is 0 Å². The zero-order valence-corrected chi connectivity index (χ0v) is 12.4. The Morgan fingerprint density at radius 1 is 1.38 bits per heavy atom. The first-order chi connectivity index (χ1) is 7.54. The zero-order valence-electron chi connectivity index (χ0n) is 10.1. The molecule has 1 aromatic carbocycles. The molecule has 0 saturated carbocycles. The quantitative estimate of drug-likeness (QED) is 0.836. The van der Waals surface area contributed by atoms with Crippen LogP contribution in [0.4, 0.5) is 0 Å². The van der Waals surface area contributed by atoms with Crippen molar-refractivity contribution in [2.45, 2.75) is 39.8 Å². The van der Waals surface area contributed by atoms with Crippen molar-refractivity contribution in [3.8, 4) is 0 Å². The number of halogens is 2. The Kier molecular flexibility index (Phi) is 5.81. The Hall–Kier alpha value is -0.0500. The molecule has 2 atom stereocenters. The molecule has 0 bridgehead atoms. The van der Waals surface area contributed by atoms with Gasteiger partial charge in [0.1, 0.15) is 0 Å². The first-order valence-corrected chi connectivity index (χ1v) is 6.89. The van der Waals surface area contributed by atoms with Gasteiger partial charge in [0, 0.05) is 22.1 Å². The number of hydrogen-bond donors (Lipinski definition) is 1. The topological polar surface area (TPSA) is 12.0 Å². The van der Waals surface area contributed by atoms with E-state index in [9.17, 15) is 0 Å². The van der Waals surface area contributed by atoms with Crippen LogP contribution < -0.4 is 5.32 Å². The lowest BCUT2D eigenvalue weighted by atomic mass is 10.0. The molecule has 0 aromatic heterocycles. The Labute approximate surface area is 112 Å². The summed E-state index contributed by atoms with van der Waals surface area (Å²) in [5, 5.41) is 4.34. The van der Waals surface area contributed by atoms with Crippen molar-refractivity contribution in [3.05, 3.63) is 33.3 Å². The molecule has 0 aliphatic heterocycles. The molecular weight excluding hydrogens is 286 g/mol. The van der Waals surface area contributed by atoms with Gasteiger partial charge in [-0.15, -0.1) is 0 Å². The molecule has 2 unspecified atom stereocenters. The third-order valence-corrected chi connectivity index (χ3v) is 3.98. The summed E-state index contributed by atoms with van der Waals surface area (Å²) in [5.41, 5.74) is 1.14. The molecule has 3 heteroatoms. The van der Waals surface area contributed by atoms with Gasteiger partial charge in [-0.05, 0) is 36.6 Å². The second-order valence-electron chi connectivity index (χ2n) is 4.29. The van der Waals surface area contributed by atoms with Gasteiger partial charge in [0.15, 0.2) is 0 Å². The maximum absolute atomic E-state index is 6.13. The molecule has 1 N–H and O–H groups in total. The molecule has 0 fully saturated rings. The molecule has 1 aromatic rings. The summed E-state index contributed by atoms with van der Waals surface area (Å²) in [6, 6.07) is 6.47. The minimum absolute atomic E-state index is 0.514. The third kappa shape index (κ3) is 4.08. The Balaban J connectivity index is 2.57. The molecule has 0 aliphatic carbocycles. The highest BCUT2D eigenvalue weighted by Gasteiger charge is 2.10. The van der Waals surface area contributed by atoms with E-state index in [0.29, 0.717) is 12.0 Å². The highest BCUT2D eigenvalue weighted by molar-refractivity contribution is 9.10. The van der Waals surface area contributed by atoms with Gasteiger partial charge in [-0.3, -0.25) is 0 Å². The molecule has 0 saturated heterocycles. The van der Waals surface area contributed by atoms with Crippen molar-refractivity contribution < 1.29 is 0 Å². The second-order valence-corrected chi connectivity index (χ2v) is 5.61. The standard InChI is InChI=1S/C13H19BrClN/c1-4-9(2)10(3)16-8-11-7-12(14)5-6-13(11)15/h5-7,9-10,16H,4,8H2,1-3H3. The molecule has 0 aliphatic rings. The lowest BCUT2D eigenvalue weighted by Crippen LogP contribution is -2.31. The summed E-state index contributed by atoms with van der Waals surface area (Å²) in [6.07, 6.45) is 1.19. The molecule has 16 heavy (non-hydrogen) atoms. The molecule has 0 spiro atoms. The monoisotopic (exact) mass is 303 g/mol. The highest BCUT2D eigenvalue weighted by atomic mass is 79.9.